The van der Waals surface area contributed by atoms with Crippen molar-refractivity contribution in [3.8, 4) is 5.75 Å². The minimum absolute atomic E-state index is 0.443. The molecule has 0 spiro atoms. The molecule has 0 aliphatic carbocycles. The van der Waals surface area contributed by atoms with E-state index in [9.17, 15) is 4.79 Å². The molecule has 2 rings (SSSR count). The van der Waals surface area contributed by atoms with Crippen molar-refractivity contribution in [1.82, 2.24) is 0 Å². The first-order valence-corrected chi connectivity index (χ1v) is 6.85. The van der Waals surface area contributed by atoms with Crippen molar-refractivity contribution in [2.24, 2.45) is 5.73 Å². The molecule has 0 saturated carbocycles. The second kappa shape index (κ2) is 6.50. The number of benzene rings is 2. The van der Waals surface area contributed by atoms with Crippen LogP contribution < -0.4 is 15.8 Å². The predicted molar refractivity (Wildman–Crippen MR) is 85.0 cm³/mol. The van der Waals surface area contributed by atoms with E-state index in [1.807, 2.05) is 25.1 Å². The van der Waals surface area contributed by atoms with Gasteiger partial charge in [0.2, 0.25) is 5.91 Å². The lowest BCUT2D eigenvalue weighted by Crippen LogP contribution is -2.12. The van der Waals surface area contributed by atoms with Gasteiger partial charge in [-0.25, -0.2) is 0 Å². The number of halogens is 1. The summed E-state index contributed by atoms with van der Waals surface area (Å²) in [5, 5.41) is 3.90. The molecule has 110 valence electrons. The minimum Gasteiger partial charge on any atom is -0.496 e. The van der Waals surface area contributed by atoms with Gasteiger partial charge in [-0.15, -0.1) is 0 Å². The minimum atomic E-state index is -0.443. The molecule has 0 aliphatic rings. The molecule has 3 N–H and O–H groups in total. The maximum Gasteiger partial charge on any atom is 0.248 e. The summed E-state index contributed by atoms with van der Waals surface area (Å²) in [5.74, 6) is 0.316. The first kappa shape index (κ1) is 15.2. The summed E-state index contributed by atoms with van der Waals surface area (Å²) >= 11 is 6.00. The summed E-state index contributed by atoms with van der Waals surface area (Å²) in [6.45, 7) is 2.45. The highest BCUT2D eigenvalue weighted by molar-refractivity contribution is 6.30. The zero-order valence-corrected chi connectivity index (χ0v) is 12.7. The summed E-state index contributed by atoms with van der Waals surface area (Å²) in [7, 11) is 1.62. The van der Waals surface area contributed by atoms with Gasteiger partial charge in [0.1, 0.15) is 5.75 Å². The largest absolute Gasteiger partial charge is 0.496 e. The Morgan fingerprint density at radius 1 is 1.29 bits per heavy atom. The van der Waals surface area contributed by atoms with Gasteiger partial charge in [0.05, 0.1) is 7.11 Å². The highest BCUT2D eigenvalue weighted by Gasteiger charge is 2.06. The molecule has 0 unspecified atom stereocenters. The van der Waals surface area contributed by atoms with E-state index in [0.717, 1.165) is 22.6 Å². The Balaban J connectivity index is 2.20. The first-order valence-electron chi connectivity index (χ1n) is 6.47. The van der Waals surface area contributed by atoms with Gasteiger partial charge in [-0.3, -0.25) is 4.79 Å². The SMILES string of the molecule is COc1ccc(Cl)cc1CNc1cc(C)cc(C(N)=O)c1. The molecule has 0 saturated heterocycles. The lowest BCUT2D eigenvalue weighted by atomic mass is 10.1. The van der Waals surface area contributed by atoms with Crippen molar-refractivity contribution in [1.29, 1.82) is 0 Å². The van der Waals surface area contributed by atoms with Crippen LogP contribution in [0.2, 0.25) is 5.02 Å². The van der Waals surface area contributed by atoms with Gasteiger partial charge in [-0.05, 0) is 48.9 Å². The molecule has 0 atom stereocenters. The van der Waals surface area contributed by atoms with E-state index in [2.05, 4.69) is 5.32 Å². The van der Waals surface area contributed by atoms with Crippen LogP contribution in [0.5, 0.6) is 5.75 Å². The average Bonchev–Trinajstić information content (AvgIpc) is 2.44. The van der Waals surface area contributed by atoms with Crippen LogP contribution in [-0.2, 0) is 6.54 Å². The maximum atomic E-state index is 11.3. The lowest BCUT2D eigenvalue weighted by molar-refractivity contribution is 0.1000. The van der Waals surface area contributed by atoms with Crippen LogP contribution in [0.3, 0.4) is 0 Å². The van der Waals surface area contributed by atoms with Crippen LogP contribution in [0.15, 0.2) is 36.4 Å². The van der Waals surface area contributed by atoms with Gasteiger partial charge < -0.3 is 15.8 Å². The van der Waals surface area contributed by atoms with E-state index < -0.39 is 5.91 Å². The number of rotatable bonds is 5. The summed E-state index contributed by atoms with van der Waals surface area (Å²) < 4.78 is 5.30. The number of carbonyl (C=O) groups is 1. The van der Waals surface area contributed by atoms with Crippen LogP contribution in [-0.4, -0.2) is 13.0 Å². The number of carbonyl (C=O) groups excluding carboxylic acids is 1. The molecule has 0 aromatic heterocycles. The molecule has 2 aromatic rings. The number of hydrogen-bond donors (Lipinski definition) is 2. The van der Waals surface area contributed by atoms with Crippen LogP contribution in [0.1, 0.15) is 21.5 Å². The number of aryl methyl sites for hydroxylation is 1. The molecule has 0 radical (unpaired) electrons. The standard InChI is InChI=1S/C16H17ClN2O2/c1-10-5-11(16(18)20)8-14(6-10)19-9-12-7-13(17)3-4-15(12)21-2/h3-8,19H,9H2,1-2H3,(H2,18,20). The molecule has 1 amide bonds. The smallest absolute Gasteiger partial charge is 0.248 e. The highest BCUT2D eigenvalue weighted by Crippen LogP contribution is 2.24. The van der Waals surface area contributed by atoms with Crippen molar-refractivity contribution in [3.05, 3.63) is 58.1 Å². The molecule has 0 bridgehead atoms. The van der Waals surface area contributed by atoms with Gasteiger partial charge in [0.25, 0.3) is 0 Å². The second-order valence-corrected chi connectivity index (χ2v) is 5.20. The van der Waals surface area contributed by atoms with Crippen LogP contribution >= 0.6 is 11.6 Å². The van der Waals surface area contributed by atoms with E-state index in [1.165, 1.54) is 0 Å². The van der Waals surface area contributed by atoms with Crippen LogP contribution in [0, 0.1) is 6.92 Å². The van der Waals surface area contributed by atoms with Gasteiger partial charge in [0, 0.05) is 28.4 Å². The Morgan fingerprint density at radius 2 is 2.05 bits per heavy atom. The van der Waals surface area contributed by atoms with Crippen LogP contribution in [0.4, 0.5) is 5.69 Å². The number of nitrogens with two attached hydrogens (primary N) is 1. The van der Waals surface area contributed by atoms with Gasteiger partial charge in [0.15, 0.2) is 0 Å². The number of methoxy groups -OCH3 is 1. The zero-order valence-electron chi connectivity index (χ0n) is 11.9. The predicted octanol–water partition coefficient (Wildman–Crippen LogP) is 3.37. The summed E-state index contributed by atoms with van der Waals surface area (Å²) in [6.07, 6.45) is 0. The number of anilines is 1. The molecule has 2 aromatic carbocycles. The Kier molecular flexibility index (Phi) is 4.70. The average molecular weight is 305 g/mol. The Hall–Kier alpha value is -2.20. The fourth-order valence-corrected chi connectivity index (χ4v) is 2.30. The maximum absolute atomic E-state index is 11.3. The van der Waals surface area contributed by atoms with E-state index in [4.69, 9.17) is 22.1 Å². The second-order valence-electron chi connectivity index (χ2n) is 4.76. The van der Waals surface area contributed by atoms with E-state index in [1.54, 1.807) is 25.3 Å². The molecular formula is C16H17ClN2O2. The number of ether oxygens (including phenoxy) is 1. The number of primary amides is 1. The molecule has 0 aliphatic heterocycles. The molecule has 4 nitrogen and oxygen atoms in total. The van der Waals surface area contributed by atoms with Crippen molar-refractivity contribution >= 4 is 23.2 Å². The Morgan fingerprint density at radius 3 is 2.71 bits per heavy atom. The Labute approximate surface area is 128 Å². The molecular weight excluding hydrogens is 288 g/mol. The number of hydrogen-bond acceptors (Lipinski definition) is 3. The highest BCUT2D eigenvalue weighted by atomic mass is 35.5. The summed E-state index contributed by atoms with van der Waals surface area (Å²) in [4.78, 5) is 11.3. The Bertz CT molecular complexity index is 671. The van der Waals surface area contributed by atoms with Gasteiger partial charge in [-0.2, -0.15) is 0 Å². The van der Waals surface area contributed by atoms with Crippen molar-refractivity contribution in [3.63, 3.8) is 0 Å². The molecule has 0 fully saturated rings. The van der Waals surface area contributed by atoms with E-state index in [-0.39, 0.29) is 0 Å². The molecule has 5 heteroatoms. The lowest BCUT2D eigenvalue weighted by Gasteiger charge is -2.12. The van der Waals surface area contributed by atoms with Crippen LogP contribution in [0.25, 0.3) is 0 Å². The third-order valence-electron chi connectivity index (χ3n) is 3.09. The third-order valence-corrected chi connectivity index (χ3v) is 3.32. The number of amides is 1. The third kappa shape index (κ3) is 3.89. The number of nitrogens with one attached hydrogen (secondary N) is 1. The molecule has 21 heavy (non-hydrogen) atoms. The normalized spacial score (nSPS) is 10.2. The van der Waals surface area contributed by atoms with Crippen molar-refractivity contribution in [2.75, 3.05) is 12.4 Å². The van der Waals surface area contributed by atoms with Crippen molar-refractivity contribution < 1.29 is 9.53 Å². The van der Waals surface area contributed by atoms with E-state index >= 15 is 0 Å². The fourth-order valence-electron chi connectivity index (χ4n) is 2.11. The van der Waals surface area contributed by atoms with Crippen molar-refractivity contribution in [2.45, 2.75) is 13.5 Å². The first-order chi connectivity index (χ1) is 9.99. The van der Waals surface area contributed by atoms with Gasteiger partial charge >= 0.3 is 0 Å². The monoisotopic (exact) mass is 304 g/mol. The fraction of sp³-hybridized carbons (Fsp3) is 0.188. The van der Waals surface area contributed by atoms with Gasteiger partial charge in [-0.1, -0.05) is 11.6 Å². The topological polar surface area (TPSA) is 64.3 Å². The quantitative estimate of drug-likeness (QED) is 0.890. The van der Waals surface area contributed by atoms with E-state index in [0.29, 0.717) is 17.1 Å². The molecule has 0 heterocycles. The summed E-state index contributed by atoms with van der Waals surface area (Å²) in [6, 6.07) is 10.9. The zero-order chi connectivity index (χ0) is 15.4. The summed E-state index contributed by atoms with van der Waals surface area (Å²) in [5.41, 5.74) is 8.53.